The molecule has 0 aromatic heterocycles. The number of nitrogen functional groups attached to an aromatic ring is 2. The number of hydrogen-bond acceptors (Lipinski definition) is 2. The highest BCUT2D eigenvalue weighted by atomic mass is 19.4. The molecule has 0 saturated heterocycles. The van der Waals surface area contributed by atoms with E-state index in [1.807, 2.05) is 0 Å². The van der Waals surface area contributed by atoms with Gasteiger partial charge >= 0.3 is 6.18 Å². The van der Waals surface area contributed by atoms with Crippen molar-refractivity contribution in [3.8, 4) is 0 Å². The molecule has 0 radical (unpaired) electrons. The molecule has 0 aliphatic carbocycles. The van der Waals surface area contributed by atoms with Crippen LogP contribution < -0.4 is 11.5 Å². The molecular weight excluding hydrogens is 181 g/mol. The Bertz CT molecular complexity index is 307. The summed E-state index contributed by atoms with van der Waals surface area (Å²) in [6.07, 6.45) is -5.25. The third-order valence-corrected chi connectivity index (χ3v) is 1.56. The molecule has 1 aromatic carbocycles. The van der Waals surface area contributed by atoms with Crippen molar-refractivity contribution in [2.24, 2.45) is 0 Å². The molecule has 0 unspecified atom stereocenters. The van der Waals surface area contributed by atoms with Crippen molar-refractivity contribution >= 4 is 11.4 Å². The van der Waals surface area contributed by atoms with Crippen molar-refractivity contribution < 1.29 is 13.2 Å². The van der Waals surface area contributed by atoms with Gasteiger partial charge in [-0.1, -0.05) is 6.07 Å². The Kier molecular flexibility index (Phi) is 2.36. The quantitative estimate of drug-likeness (QED) is 0.665. The number of anilines is 2. The Balaban J connectivity index is 2.90. The zero-order valence-electron chi connectivity index (χ0n) is 6.73. The number of hydrogen-bond donors (Lipinski definition) is 2. The van der Waals surface area contributed by atoms with Crippen LogP contribution in [0.25, 0.3) is 0 Å². The second kappa shape index (κ2) is 3.16. The minimum atomic E-state index is -4.23. The fourth-order valence-corrected chi connectivity index (χ4v) is 0.990. The van der Waals surface area contributed by atoms with E-state index in [-0.39, 0.29) is 11.3 Å². The predicted molar refractivity (Wildman–Crippen MR) is 45.0 cm³/mol. The predicted octanol–water partition coefficient (Wildman–Crippen LogP) is 1.96. The maximum absolute atomic E-state index is 11.9. The Hall–Kier alpha value is -1.39. The zero-order valence-corrected chi connectivity index (χ0v) is 6.73. The van der Waals surface area contributed by atoms with E-state index in [1.54, 1.807) is 0 Å². The van der Waals surface area contributed by atoms with E-state index < -0.39 is 12.6 Å². The maximum atomic E-state index is 11.9. The average molecular weight is 190 g/mol. The minimum Gasteiger partial charge on any atom is -0.399 e. The summed E-state index contributed by atoms with van der Waals surface area (Å²) >= 11 is 0. The molecule has 72 valence electrons. The van der Waals surface area contributed by atoms with Crippen LogP contribution in [0.4, 0.5) is 24.5 Å². The summed E-state index contributed by atoms with van der Waals surface area (Å²) in [6, 6.07) is 4.01. The lowest BCUT2D eigenvalue weighted by Gasteiger charge is -2.09. The molecule has 4 N–H and O–H groups in total. The van der Waals surface area contributed by atoms with Gasteiger partial charge in [-0.15, -0.1) is 0 Å². The SMILES string of the molecule is Nc1ccc(CC(F)(F)F)c(N)c1. The first-order chi connectivity index (χ1) is 5.88. The molecule has 2 nitrogen and oxygen atoms in total. The normalized spacial score (nSPS) is 11.6. The van der Waals surface area contributed by atoms with Crippen LogP contribution in [-0.2, 0) is 6.42 Å². The van der Waals surface area contributed by atoms with Crippen molar-refractivity contribution in [1.82, 2.24) is 0 Å². The fraction of sp³-hybridized carbons (Fsp3) is 0.250. The molecule has 13 heavy (non-hydrogen) atoms. The molecule has 0 spiro atoms. The van der Waals surface area contributed by atoms with Gasteiger partial charge in [0.2, 0.25) is 0 Å². The summed E-state index contributed by atoms with van der Waals surface area (Å²) in [5.74, 6) is 0. The third-order valence-electron chi connectivity index (χ3n) is 1.56. The lowest BCUT2D eigenvalue weighted by molar-refractivity contribution is -0.127. The number of halogens is 3. The molecule has 1 aromatic rings. The van der Waals surface area contributed by atoms with E-state index >= 15 is 0 Å². The molecule has 0 saturated carbocycles. The van der Waals surface area contributed by atoms with Crippen molar-refractivity contribution in [2.75, 3.05) is 11.5 Å². The van der Waals surface area contributed by atoms with Gasteiger partial charge in [-0.05, 0) is 17.7 Å². The summed E-state index contributed by atoms with van der Waals surface area (Å²) in [7, 11) is 0. The fourth-order valence-electron chi connectivity index (χ4n) is 0.990. The van der Waals surface area contributed by atoms with Gasteiger partial charge in [-0.2, -0.15) is 13.2 Å². The van der Waals surface area contributed by atoms with E-state index in [9.17, 15) is 13.2 Å². The first-order valence-corrected chi connectivity index (χ1v) is 3.59. The molecule has 0 aliphatic heterocycles. The molecule has 5 heteroatoms. The van der Waals surface area contributed by atoms with Crippen LogP contribution in [0.3, 0.4) is 0 Å². The smallest absolute Gasteiger partial charge is 0.393 e. The van der Waals surface area contributed by atoms with Gasteiger partial charge in [0.05, 0.1) is 6.42 Å². The first kappa shape index (κ1) is 9.70. The van der Waals surface area contributed by atoms with Crippen molar-refractivity contribution in [3.05, 3.63) is 23.8 Å². The van der Waals surface area contributed by atoms with Gasteiger partial charge < -0.3 is 11.5 Å². The van der Waals surface area contributed by atoms with E-state index in [4.69, 9.17) is 11.5 Å². The van der Waals surface area contributed by atoms with E-state index in [1.165, 1.54) is 18.2 Å². The zero-order chi connectivity index (χ0) is 10.1. The van der Waals surface area contributed by atoms with Gasteiger partial charge in [0, 0.05) is 11.4 Å². The lowest BCUT2D eigenvalue weighted by Crippen LogP contribution is -2.13. The highest BCUT2D eigenvalue weighted by Crippen LogP contribution is 2.25. The largest absolute Gasteiger partial charge is 0.399 e. The summed E-state index contributed by atoms with van der Waals surface area (Å²) in [4.78, 5) is 0. The monoisotopic (exact) mass is 190 g/mol. The van der Waals surface area contributed by atoms with Crippen LogP contribution in [0.2, 0.25) is 0 Å². The number of alkyl halides is 3. The second-order valence-corrected chi connectivity index (χ2v) is 2.75. The molecule has 0 amide bonds. The minimum absolute atomic E-state index is 0.0571. The van der Waals surface area contributed by atoms with Crippen LogP contribution in [0.1, 0.15) is 5.56 Å². The van der Waals surface area contributed by atoms with Crippen LogP contribution in [-0.4, -0.2) is 6.18 Å². The van der Waals surface area contributed by atoms with Crippen molar-refractivity contribution in [1.29, 1.82) is 0 Å². The van der Waals surface area contributed by atoms with Crippen molar-refractivity contribution in [3.63, 3.8) is 0 Å². The number of rotatable bonds is 1. The van der Waals surface area contributed by atoms with Gasteiger partial charge in [0.1, 0.15) is 0 Å². The standard InChI is InChI=1S/C8H9F3N2/c9-8(10,11)4-5-1-2-6(12)3-7(5)13/h1-3H,4,12-13H2. The Morgan fingerprint density at radius 1 is 1.15 bits per heavy atom. The maximum Gasteiger partial charge on any atom is 0.393 e. The molecule has 1 rings (SSSR count). The van der Waals surface area contributed by atoms with E-state index in [2.05, 4.69) is 0 Å². The highest BCUT2D eigenvalue weighted by Gasteiger charge is 2.28. The molecule has 0 atom stereocenters. The number of benzene rings is 1. The van der Waals surface area contributed by atoms with Crippen LogP contribution in [0.15, 0.2) is 18.2 Å². The summed E-state index contributed by atoms with van der Waals surface area (Å²) < 4.78 is 35.8. The van der Waals surface area contributed by atoms with Gasteiger partial charge in [0.25, 0.3) is 0 Å². The lowest BCUT2D eigenvalue weighted by atomic mass is 10.1. The highest BCUT2D eigenvalue weighted by molar-refractivity contribution is 5.56. The topological polar surface area (TPSA) is 52.0 Å². The average Bonchev–Trinajstić information content (AvgIpc) is 1.93. The van der Waals surface area contributed by atoms with Crippen molar-refractivity contribution in [2.45, 2.75) is 12.6 Å². The third kappa shape index (κ3) is 2.85. The van der Waals surface area contributed by atoms with E-state index in [0.29, 0.717) is 5.69 Å². The Morgan fingerprint density at radius 2 is 1.77 bits per heavy atom. The first-order valence-electron chi connectivity index (χ1n) is 3.59. The Morgan fingerprint density at radius 3 is 2.23 bits per heavy atom. The summed E-state index contributed by atoms with van der Waals surface area (Å²) in [6.45, 7) is 0. The summed E-state index contributed by atoms with van der Waals surface area (Å²) in [5.41, 5.74) is 11.2. The van der Waals surface area contributed by atoms with Crippen LogP contribution >= 0.6 is 0 Å². The molecular formula is C8H9F3N2. The molecule has 0 bridgehead atoms. The Labute approximate surface area is 73.3 Å². The second-order valence-electron chi connectivity index (χ2n) is 2.75. The number of nitrogens with two attached hydrogens (primary N) is 2. The summed E-state index contributed by atoms with van der Waals surface area (Å²) in [5, 5.41) is 0. The van der Waals surface area contributed by atoms with Crippen LogP contribution in [0.5, 0.6) is 0 Å². The molecule has 0 aliphatic rings. The van der Waals surface area contributed by atoms with Gasteiger partial charge in [-0.25, -0.2) is 0 Å². The van der Waals surface area contributed by atoms with Gasteiger partial charge in [0.15, 0.2) is 0 Å². The molecule has 0 heterocycles. The van der Waals surface area contributed by atoms with Crippen LogP contribution in [0, 0.1) is 0 Å². The van der Waals surface area contributed by atoms with E-state index in [0.717, 1.165) is 0 Å². The molecule has 0 fully saturated rings. The van der Waals surface area contributed by atoms with Gasteiger partial charge in [-0.3, -0.25) is 0 Å².